The van der Waals surface area contributed by atoms with E-state index in [1.165, 1.54) is 13.8 Å². The van der Waals surface area contributed by atoms with Crippen LogP contribution in [0.1, 0.15) is 96.3 Å². The lowest BCUT2D eigenvalue weighted by atomic mass is 9.44. The van der Waals surface area contributed by atoms with Crippen LogP contribution in [0.25, 0.3) is 5.76 Å². The Labute approximate surface area is 239 Å². The zero-order valence-electron chi connectivity index (χ0n) is 24.5. The van der Waals surface area contributed by atoms with Crippen LogP contribution in [-0.2, 0) is 25.6 Å². The van der Waals surface area contributed by atoms with Gasteiger partial charge in [0.2, 0.25) is 5.78 Å². The SMILES string of the molecule is CCCC(=O)C(CCC)Cc1ccc2c(c1O)C(O)=C1C(=O)[C@@]3(O)C(O)=C(C(C)=O)C(=O)C[C@@]3(C)[C@H](O)[C@@]1(C)[C@@H]2C. The Morgan fingerprint density at radius 1 is 1.07 bits per heavy atom. The van der Waals surface area contributed by atoms with Crippen LogP contribution in [-0.4, -0.2) is 60.4 Å². The Kier molecular flexibility index (Phi) is 7.63. The number of aromatic hydroxyl groups is 1. The minimum atomic E-state index is -2.88. The number of allylic oxidation sites excluding steroid dienone is 1. The molecule has 0 heterocycles. The summed E-state index contributed by atoms with van der Waals surface area (Å²) in [6, 6.07) is 3.37. The summed E-state index contributed by atoms with van der Waals surface area (Å²) in [4.78, 5) is 52.1. The van der Waals surface area contributed by atoms with Crippen LogP contribution in [0.15, 0.2) is 29.0 Å². The number of Topliss-reactive ketones (excluding diaryl/α,β-unsaturated/α-hetero) is 4. The normalized spacial score (nSPS) is 31.9. The third-order valence-electron chi connectivity index (χ3n) is 10.0. The second kappa shape index (κ2) is 10.2. The maximum atomic E-state index is 14.2. The van der Waals surface area contributed by atoms with E-state index in [0.717, 1.165) is 13.3 Å². The van der Waals surface area contributed by atoms with Crippen LogP contribution in [0.3, 0.4) is 0 Å². The number of aliphatic hydroxyl groups excluding tert-OH is 3. The Hall–Kier alpha value is -3.30. The second-order valence-electron chi connectivity index (χ2n) is 12.4. The molecule has 1 saturated carbocycles. The highest BCUT2D eigenvalue weighted by atomic mass is 16.4. The number of carbonyl (C=O) groups is 4. The number of hydrogen-bond acceptors (Lipinski definition) is 9. The molecule has 0 spiro atoms. The Balaban J connectivity index is 1.96. The molecule has 0 aliphatic heterocycles. The fourth-order valence-corrected chi connectivity index (χ4v) is 7.51. The van der Waals surface area contributed by atoms with Crippen LogP contribution in [0.2, 0.25) is 0 Å². The number of hydrogen-bond donors (Lipinski definition) is 5. The first-order chi connectivity index (χ1) is 19.0. The van der Waals surface area contributed by atoms with Gasteiger partial charge in [-0.3, -0.25) is 19.2 Å². The Morgan fingerprint density at radius 3 is 2.27 bits per heavy atom. The number of carbonyl (C=O) groups excluding carboxylic acids is 4. The standard InChI is InChI=1S/C32H40O9/c1-7-9-17(20(34)10-8-2)13-18-11-12-19-15(3)31(6)24(26(37)23(19)25(18)36)28(39)32(41)27(38)22(16(4)33)21(35)14-30(32,5)29(31)40/h11-12,15,17,29,36-38,40-41H,7-10,13-14H2,1-6H3/t15-,17?,29+,30+,31+,32+/m1/s1. The molecular weight excluding hydrogens is 528 g/mol. The van der Waals surface area contributed by atoms with Gasteiger partial charge in [0.15, 0.2) is 17.2 Å². The molecule has 1 aromatic rings. The van der Waals surface area contributed by atoms with Crippen LogP contribution in [0.5, 0.6) is 5.75 Å². The number of phenols is 1. The number of ketones is 4. The van der Waals surface area contributed by atoms with E-state index in [4.69, 9.17) is 0 Å². The summed E-state index contributed by atoms with van der Waals surface area (Å²) >= 11 is 0. The molecule has 1 fully saturated rings. The van der Waals surface area contributed by atoms with Crippen LogP contribution < -0.4 is 0 Å². The minimum absolute atomic E-state index is 0.0458. The van der Waals surface area contributed by atoms with E-state index in [2.05, 4.69) is 0 Å². The predicted molar refractivity (Wildman–Crippen MR) is 150 cm³/mol. The maximum Gasteiger partial charge on any atom is 0.203 e. The first-order valence-corrected chi connectivity index (χ1v) is 14.3. The maximum absolute atomic E-state index is 14.2. The fraction of sp³-hybridized carbons (Fsp3) is 0.562. The Morgan fingerprint density at radius 2 is 1.71 bits per heavy atom. The summed E-state index contributed by atoms with van der Waals surface area (Å²) in [5.41, 5.74) is -6.68. The molecule has 1 unspecified atom stereocenters. The average Bonchev–Trinajstić information content (AvgIpc) is 2.89. The highest BCUT2D eigenvalue weighted by molar-refractivity contribution is 6.23. The highest BCUT2D eigenvalue weighted by Gasteiger charge is 2.74. The van der Waals surface area contributed by atoms with Crippen molar-refractivity contribution in [1.82, 2.24) is 0 Å². The molecule has 9 heteroatoms. The third kappa shape index (κ3) is 3.96. The number of aliphatic hydroxyl groups is 4. The average molecular weight is 569 g/mol. The summed E-state index contributed by atoms with van der Waals surface area (Å²) < 4.78 is 0. The monoisotopic (exact) mass is 568 g/mol. The molecule has 41 heavy (non-hydrogen) atoms. The van der Waals surface area contributed by atoms with Crippen molar-refractivity contribution < 1.29 is 44.7 Å². The van der Waals surface area contributed by atoms with Crippen LogP contribution in [0.4, 0.5) is 0 Å². The summed E-state index contributed by atoms with van der Waals surface area (Å²) in [5.74, 6) is -5.89. The van der Waals surface area contributed by atoms with Gasteiger partial charge >= 0.3 is 0 Å². The van der Waals surface area contributed by atoms with Gasteiger partial charge in [-0.1, -0.05) is 53.2 Å². The van der Waals surface area contributed by atoms with Crippen molar-refractivity contribution in [1.29, 1.82) is 0 Å². The van der Waals surface area contributed by atoms with Crippen LogP contribution in [0, 0.1) is 16.7 Å². The van der Waals surface area contributed by atoms with Gasteiger partial charge in [-0.2, -0.15) is 0 Å². The predicted octanol–water partition coefficient (Wildman–Crippen LogP) is 4.17. The lowest BCUT2D eigenvalue weighted by molar-refractivity contribution is -0.197. The Bertz CT molecular complexity index is 1420. The molecule has 5 N–H and O–H groups in total. The molecule has 3 aliphatic carbocycles. The largest absolute Gasteiger partial charge is 0.508 e. The van der Waals surface area contributed by atoms with Crippen molar-refractivity contribution in [2.45, 2.75) is 97.7 Å². The summed E-state index contributed by atoms with van der Waals surface area (Å²) in [6.45, 7) is 9.47. The molecule has 0 amide bonds. The summed E-state index contributed by atoms with van der Waals surface area (Å²) in [7, 11) is 0. The molecule has 0 bridgehead atoms. The first kappa shape index (κ1) is 30.7. The van der Waals surface area contributed by atoms with Crippen molar-refractivity contribution in [3.63, 3.8) is 0 Å². The molecule has 0 saturated heterocycles. The van der Waals surface area contributed by atoms with E-state index in [-0.39, 0.29) is 29.4 Å². The summed E-state index contributed by atoms with van der Waals surface area (Å²) in [5, 5.41) is 57.8. The van der Waals surface area contributed by atoms with Crippen molar-refractivity contribution in [2.75, 3.05) is 0 Å². The molecule has 3 aliphatic rings. The lowest BCUT2D eigenvalue weighted by Gasteiger charge is -2.60. The molecule has 6 atom stereocenters. The van der Waals surface area contributed by atoms with Crippen molar-refractivity contribution in [2.24, 2.45) is 16.7 Å². The topological polar surface area (TPSA) is 169 Å². The van der Waals surface area contributed by atoms with E-state index < -0.39 is 74.9 Å². The van der Waals surface area contributed by atoms with Gasteiger partial charge in [-0.05, 0) is 43.2 Å². The van der Waals surface area contributed by atoms with Crippen LogP contribution >= 0.6 is 0 Å². The molecule has 1 aromatic carbocycles. The van der Waals surface area contributed by atoms with Gasteiger partial charge in [-0.15, -0.1) is 0 Å². The van der Waals surface area contributed by atoms with Crippen molar-refractivity contribution in [3.05, 3.63) is 45.7 Å². The second-order valence-corrected chi connectivity index (χ2v) is 12.4. The molecular formula is C32H40O9. The third-order valence-corrected chi connectivity index (χ3v) is 10.0. The first-order valence-electron chi connectivity index (χ1n) is 14.3. The zero-order chi connectivity index (χ0) is 30.8. The van der Waals surface area contributed by atoms with Crippen molar-refractivity contribution >= 4 is 28.9 Å². The van der Waals surface area contributed by atoms with Gasteiger partial charge in [-0.25, -0.2) is 0 Å². The lowest BCUT2D eigenvalue weighted by Crippen LogP contribution is -2.72. The van der Waals surface area contributed by atoms with E-state index in [1.807, 2.05) is 13.8 Å². The minimum Gasteiger partial charge on any atom is -0.508 e. The quantitative estimate of drug-likeness (QED) is 0.289. The fourth-order valence-electron chi connectivity index (χ4n) is 7.51. The molecule has 222 valence electrons. The van der Waals surface area contributed by atoms with Gasteiger partial charge in [0, 0.05) is 29.6 Å². The number of phenolic OH excluding ortho intramolecular Hbond substituents is 1. The van der Waals surface area contributed by atoms with Gasteiger partial charge in [0.05, 0.1) is 17.2 Å². The summed E-state index contributed by atoms with van der Waals surface area (Å²) in [6.07, 6.45) is 0.493. The molecule has 9 nitrogen and oxygen atoms in total. The molecule has 4 rings (SSSR count). The van der Waals surface area contributed by atoms with Gasteiger partial charge in [0.25, 0.3) is 0 Å². The molecule has 0 radical (unpaired) electrons. The number of rotatable bonds is 8. The van der Waals surface area contributed by atoms with Gasteiger partial charge < -0.3 is 25.5 Å². The van der Waals surface area contributed by atoms with Gasteiger partial charge in [0.1, 0.15) is 28.6 Å². The number of fused-ring (bicyclic) bond motifs is 3. The smallest absolute Gasteiger partial charge is 0.203 e. The van der Waals surface area contributed by atoms with E-state index in [9.17, 15) is 44.7 Å². The van der Waals surface area contributed by atoms with E-state index in [0.29, 0.717) is 30.4 Å². The number of benzene rings is 1. The zero-order valence-corrected chi connectivity index (χ0v) is 24.5. The van der Waals surface area contributed by atoms with Crippen molar-refractivity contribution in [3.8, 4) is 5.75 Å². The highest BCUT2D eigenvalue weighted by Crippen LogP contribution is 2.65. The molecule has 0 aromatic heterocycles. The van der Waals surface area contributed by atoms with E-state index >= 15 is 0 Å². The van der Waals surface area contributed by atoms with E-state index in [1.54, 1.807) is 19.1 Å².